The lowest BCUT2D eigenvalue weighted by Gasteiger charge is -2.36. The molecule has 0 radical (unpaired) electrons. The molecule has 4 rings (SSSR count). The smallest absolute Gasteiger partial charge is 0.191 e. The molecule has 0 aromatic carbocycles. The van der Waals surface area contributed by atoms with Gasteiger partial charge in [0.2, 0.25) is 0 Å². The number of guanidine groups is 1. The number of hydrogen-bond acceptors (Lipinski definition) is 4. The van der Waals surface area contributed by atoms with Crippen molar-refractivity contribution in [1.82, 2.24) is 30.1 Å². The van der Waals surface area contributed by atoms with Crippen molar-refractivity contribution in [1.29, 1.82) is 0 Å². The number of aromatic nitrogens is 3. The van der Waals surface area contributed by atoms with Gasteiger partial charge >= 0.3 is 0 Å². The lowest BCUT2D eigenvalue weighted by atomic mass is 10.0. The van der Waals surface area contributed by atoms with Gasteiger partial charge in [-0.15, -0.1) is 34.2 Å². The maximum atomic E-state index is 4.81. The van der Waals surface area contributed by atoms with Gasteiger partial charge in [0.25, 0.3) is 0 Å². The Morgan fingerprint density at radius 2 is 1.93 bits per heavy atom. The average molecular weight is 525 g/mol. The van der Waals surface area contributed by atoms with Gasteiger partial charge in [-0.05, 0) is 51.2 Å². The van der Waals surface area contributed by atoms with Crippen molar-refractivity contribution < 1.29 is 0 Å². The van der Waals surface area contributed by atoms with Crippen LogP contribution in [0.1, 0.15) is 57.7 Å². The lowest BCUT2D eigenvalue weighted by Crippen LogP contribution is -2.50. The monoisotopic (exact) mass is 525 g/mol. The summed E-state index contributed by atoms with van der Waals surface area (Å²) in [6.07, 6.45) is 12.0. The predicted octanol–water partition coefficient (Wildman–Crippen LogP) is 3.24. The molecule has 0 bridgehead atoms. The van der Waals surface area contributed by atoms with Crippen LogP contribution in [0.3, 0.4) is 0 Å². The van der Waals surface area contributed by atoms with E-state index in [1.807, 2.05) is 24.4 Å². The molecule has 2 aromatic rings. The van der Waals surface area contributed by atoms with Crippen LogP contribution in [0.5, 0.6) is 0 Å². The molecule has 166 valence electrons. The molecule has 8 heteroatoms. The van der Waals surface area contributed by atoms with Crippen molar-refractivity contribution in [3.05, 3.63) is 30.2 Å². The summed E-state index contributed by atoms with van der Waals surface area (Å²) in [5, 5.41) is 15.6. The molecule has 2 aromatic heterocycles. The van der Waals surface area contributed by atoms with E-state index in [2.05, 4.69) is 37.1 Å². The molecule has 0 atom stereocenters. The first-order valence-corrected chi connectivity index (χ1v) is 11.4. The van der Waals surface area contributed by atoms with Crippen LogP contribution in [0.25, 0.3) is 5.65 Å². The van der Waals surface area contributed by atoms with Crippen molar-refractivity contribution in [2.24, 2.45) is 4.99 Å². The Balaban J connectivity index is 0.00000256. The van der Waals surface area contributed by atoms with Gasteiger partial charge in [0.05, 0.1) is 0 Å². The zero-order valence-electron chi connectivity index (χ0n) is 18.1. The van der Waals surface area contributed by atoms with E-state index < -0.39 is 0 Å². The summed E-state index contributed by atoms with van der Waals surface area (Å²) in [7, 11) is 0. The number of hydrogen-bond donors (Lipinski definition) is 2. The van der Waals surface area contributed by atoms with Crippen molar-refractivity contribution in [3.63, 3.8) is 0 Å². The van der Waals surface area contributed by atoms with E-state index in [-0.39, 0.29) is 24.0 Å². The van der Waals surface area contributed by atoms with Crippen molar-refractivity contribution in [2.45, 2.75) is 70.4 Å². The first kappa shape index (κ1) is 23.2. The van der Waals surface area contributed by atoms with Crippen LogP contribution in [0.2, 0.25) is 0 Å². The van der Waals surface area contributed by atoms with Gasteiger partial charge in [-0.1, -0.05) is 18.9 Å². The summed E-state index contributed by atoms with van der Waals surface area (Å²) < 4.78 is 2.06. The van der Waals surface area contributed by atoms with Gasteiger partial charge in [0.1, 0.15) is 5.82 Å². The van der Waals surface area contributed by atoms with Crippen LogP contribution in [0, 0.1) is 0 Å². The minimum absolute atomic E-state index is 0. The molecule has 1 saturated carbocycles. The molecule has 2 aliphatic rings. The van der Waals surface area contributed by atoms with E-state index in [0.717, 1.165) is 49.4 Å². The molecule has 1 aliphatic carbocycles. The molecule has 0 spiro atoms. The summed E-state index contributed by atoms with van der Waals surface area (Å²) in [5.41, 5.74) is 0.907. The number of rotatable bonds is 7. The number of pyridine rings is 1. The summed E-state index contributed by atoms with van der Waals surface area (Å²) in [6.45, 7) is 6.26. The maximum Gasteiger partial charge on any atom is 0.191 e. The summed E-state index contributed by atoms with van der Waals surface area (Å²) >= 11 is 0. The van der Waals surface area contributed by atoms with E-state index in [0.29, 0.717) is 6.04 Å². The number of halogens is 1. The van der Waals surface area contributed by atoms with Gasteiger partial charge in [-0.2, -0.15) is 0 Å². The van der Waals surface area contributed by atoms with Crippen LogP contribution in [0.15, 0.2) is 29.4 Å². The van der Waals surface area contributed by atoms with Crippen LogP contribution in [-0.4, -0.2) is 63.7 Å². The van der Waals surface area contributed by atoms with Gasteiger partial charge in [0, 0.05) is 50.9 Å². The second-order valence-corrected chi connectivity index (χ2v) is 8.30. The molecule has 3 heterocycles. The number of nitrogens with one attached hydrogen (secondary N) is 2. The highest BCUT2D eigenvalue weighted by atomic mass is 127. The third-order valence-corrected chi connectivity index (χ3v) is 6.27. The quantitative estimate of drug-likeness (QED) is 0.252. The second kappa shape index (κ2) is 11.8. The first-order chi connectivity index (χ1) is 14.3. The van der Waals surface area contributed by atoms with Crippen LogP contribution in [0.4, 0.5) is 0 Å². The SMILES string of the molecule is CCNC(=NCCCc1nnc2ccccn12)NC1CCN(C2CCCC2)CC1.I. The highest BCUT2D eigenvalue weighted by molar-refractivity contribution is 14.0. The Bertz CT molecular complexity index is 792. The van der Waals surface area contributed by atoms with E-state index in [1.165, 1.54) is 51.6 Å². The standard InChI is InChI=1S/C22H35N7.HI/c1-2-23-22(25-18-12-16-28(17-13-18)19-8-3-4-9-19)24-14-7-11-21-27-26-20-10-5-6-15-29(20)21;/h5-6,10,15,18-19H,2-4,7-9,11-14,16-17H2,1H3,(H2,23,24,25);1H. The largest absolute Gasteiger partial charge is 0.357 e. The van der Waals surface area contributed by atoms with E-state index in [4.69, 9.17) is 4.99 Å². The summed E-state index contributed by atoms with van der Waals surface area (Å²) in [6, 6.07) is 7.38. The molecule has 0 unspecified atom stereocenters. The highest BCUT2D eigenvalue weighted by Crippen LogP contribution is 2.26. The molecule has 1 aliphatic heterocycles. The van der Waals surface area contributed by atoms with Gasteiger partial charge < -0.3 is 15.5 Å². The Hall–Kier alpha value is -1.42. The third-order valence-electron chi connectivity index (χ3n) is 6.27. The van der Waals surface area contributed by atoms with Gasteiger partial charge in [-0.25, -0.2) is 0 Å². The van der Waals surface area contributed by atoms with Crippen LogP contribution < -0.4 is 10.6 Å². The minimum Gasteiger partial charge on any atom is -0.357 e. The number of aliphatic imine (C=N–C) groups is 1. The molecule has 7 nitrogen and oxygen atoms in total. The van der Waals surface area contributed by atoms with Gasteiger partial charge in [0.15, 0.2) is 11.6 Å². The van der Waals surface area contributed by atoms with Crippen molar-refractivity contribution in [3.8, 4) is 0 Å². The third kappa shape index (κ3) is 6.06. The molecule has 0 amide bonds. The topological polar surface area (TPSA) is 69.8 Å². The molecular formula is C22H36IN7. The molecule has 2 fully saturated rings. The number of nitrogens with zero attached hydrogens (tertiary/aromatic N) is 5. The van der Waals surface area contributed by atoms with Crippen LogP contribution >= 0.6 is 24.0 Å². The van der Waals surface area contributed by atoms with E-state index >= 15 is 0 Å². The summed E-state index contributed by atoms with van der Waals surface area (Å²) in [5.74, 6) is 1.96. The average Bonchev–Trinajstić information content (AvgIpc) is 3.42. The Labute approximate surface area is 197 Å². The fourth-order valence-electron chi connectivity index (χ4n) is 4.68. The molecular weight excluding hydrogens is 489 g/mol. The minimum atomic E-state index is 0. The number of fused-ring (bicyclic) bond motifs is 1. The Morgan fingerprint density at radius 1 is 1.13 bits per heavy atom. The van der Waals surface area contributed by atoms with Crippen molar-refractivity contribution in [2.75, 3.05) is 26.2 Å². The van der Waals surface area contributed by atoms with Crippen LogP contribution in [-0.2, 0) is 6.42 Å². The fourth-order valence-corrected chi connectivity index (χ4v) is 4.68. The zero-order valence-corrected chi connectivity index (χ0v) is 20.4. The number of piperidine rings is 1. The normalized spacial score (nSPS) is 19.2. The number of likely N-dealkylation sites (tertiary alicyclic amines) is 1. The molecule has 1 saturated heterocycles. The predicted molar refractivity (Wildman–Crippen MR) is 133 cm³/mol. The van der Waals surface area contributed by atoms with E-state index in [9.17, 15) is 0 Å². The zero-order chi connectivity index (χ0) is 19.9. The number of aryl methyl sites for hydroxylation is 1. The lowest BCUT2D eigenvalue weighted by molar-refractivity contribution is 0.150. The maximum absolute atomic E-state index is 4.81. The molecule has 2 N–H and O–H groups in total. The van der Waals surface area contributed by atoms with Crippen molar-refractivity contribution >= 4 is 35.6 Å². The van der Waals surface area contributed by atoms with Gasteiger partial charge in [-0.3, -0.25) is 9.39 Å². The van der Waals surface area contributed by atoms with E-state index in [1.54, 1.807) is 0 Å². The first-order valence-electron chi connectivity index (χ1n) is 11.4. The fraction of sp³-hybridized carbons (Fsp3) is 0.682. The Morgan fingerprint density at radius 3 is 2.70 bits per heavy atom. The highest BCUT2D eigenvalue weighted by Gasteiger charge is 2.27. The Kier molecular flexibility index (Phi) is 9.17. The molecule has 30 heavy (non-hydrogen) atoms. The second-order valence-electron chi connectivity index (χ2n) is 8.30. The summed E-state index contributed by atoms with van der Waals surface area (Å²) in [4.78, 5) is 7.53.